The van der Waals surface area contributed by atoms with E-state index < -0.39 is 5.82 Å². The Bertz CT molecular complexity index is 892. The fraction of sp³-hybridized carbons (Fsp3) is 0.188. The molecule has 0 saturated heterocycles. The quantitative estimate of drug-likeness (QED) is 0.754. The summed E-state index contributed by atoms with van der Waals surface area (Å²) in [5, 5.41) is 13.7. The topological polar surface area (TPSA) is 72.9 Å². The third kappa shape index (κ3) is 2.30. The SMILES string of the molecule is Cc1nn(-c2ccc(O)cc2F)c(-n2c(C)cnc2C)c1C=O. The van der Waals surface area contributed by atoms with Crippen LogP contribution in [0.1, 0.15) is 27.6 Å². The molecule has 0 spiro atoms. The predicted octanol–water partition coefficient (Wildman–Crippen LogP) is 2.64. The Morgan fingerprint density at radius 1 is 1.26 bits per heavy atom. The van der Waals surface area contributed by atoms with Crippen LogP contribution in [0.25, 0.3) is 11.5 Å². The fourth-order valence-corrected chi connectivity index (χ4v) is 2.59. The Hall–Kier alpha value is -2.96. The molecule has 0 aliphatic carbocycles. The van der Waals surface area contributed by atoms with Gasteiger partial charge in [-0.15, -0.1) is 0 Å². The number of phenols is 1. The van der Waals surface area contributed by atoms with Crippen molar-refractivity contribution in [3.8, 4) is 17.3 Å². The average molecular weight is 314 g/mol. The maximum atomic E-state index is 14.3. The second kappa shape index (κ2) is 5.35. The summed E-state index contributed by atoms with van der Waals surface area (Å²) in [6.07, 6.45) is 2.37. The van der Waals surface area contributed by atoms with Crippen molar-refractivity contribution in [3.63, 3.8) is 0 Å². The largest absolute Gasteiger partial charge is 0.508 e. The summed E-state index contributed by atoms with van der Waals surface area (Å²) in [5.41, 5.74) is 1.78. The zero-order valence-electron chi connectivity index (χ0n) is 12.9. The summed E-state index contributed by atoms with van der Waals surface area (Å²) in [7, 11) is 0. The van der Waals surface area contributed by atoms with Crippen LogP contribution in [0.5, 0.6) is 5.75 Å². The first-order valence-corrected chi connectivity index (χ1v) is 6.99. The van der Waals surface area contributed by atoms with Gasteiger partial charge in [0.1, 0.15) is 17.3 Å². The average Bonchev–Trinajstić information content (AvgIpc) is 2.98. The molecule has 0 aliphatic rings. The van der Waals surface area contributed by atoms with Gasteiger partial charge in [-0.1, -0.05) is 0 Å². The van der Waals surface area contributed by atoms with E-state index in [2.05, 4.69) is 10.1 Å². The molecular weight excluding hydrogens is 299 g/mol. The number of phenolic OH excluding ortho intramolecular Hbond substituents is 1. The van der Waals surface area contributed by atoms with Crippen LogP contribution in [0.2, 0.25) is 0 Å². The Kier molecular flexibility index (Phi) is 3.48. The molecule has 3 rings (SSSR count). The van der Waals surface area contributed by atoms with E-state index in [0.717, 1.165) is 11.8 Å². The normalized spacial score (nSPS) is 11.0. The molecule has 118 valence electrons. The number of aromatic nitrogens is 4. The molecule has 1 N–H and O–H groups in total. The minimum atomic E-state index is -0.637. The lowest BCUT2D eigenvalue weighted by Crippen LogP contribution is -2.11. The van der Waals surface area contributed by atoms with Gasteiger partial charge in [0.2, 0.25) is 0 Å². The second-order valence-electron chi connectivity index (χ2n) is 5.27. The van der Waals surface area contributed by atoms with Gasteiger partial charge in [0.25, 0.3) is 0 Å². The van der Waals surface area contributed by atoms with Crippen molar-refractivity contribution in [2.24, 2.45) is 0 Å². The number of nitrogens with zero attached hydrogens (tertiary/aromatic N) is 4. The standard InChI is InChI=1S/C16H15FN4O2/c1-9-7-18-11(3)20(9)16-13(8-22)10(2)19-21(16)15-5-4-12(23)6-14(15)17/h4-8,23H,1-3H3. The zero-order valence-corrected chi connectivity index (χ0v) is 12.9. The number of aryl methyl sites for hydroxylation is 3. The second-order valence-corrected chi connectivity index (χ2v) is 5.27. The first-order valence-electron chi connectivity index (χ1n) is 6.99. The third-order valence-electron chi connectivity index (χ3n) is 3.68. The van der Waals surface area contributed by atoms with Gasteiger partial charge >= 0.3 is 0 Å². The van der Waals surface area contributed by atoms with Crippen LogP contribution in [0.4, 0.5) is 4.39 Å². The number of carbonyl (C=O) groups is 1. The van der Waals surface area contributed by atoms with Crippen molar-refractivity contribution in [2.75, 3.05) is 0 Å². The molecule has 2 aromatic heterocycles. The predicted molar refractivity (Wildman–Crippen MR) is 81.9 cm³/mol. The highest BCUT2D eigenvalue weighted by atomic mass is 19.1. The van der Waals surface area contributed by atoms with E-state index in [1.165, 1.54) is 16.8 Å². The molecule has 23 heavy (non-hydrogen) atoms. The van der Waals surface area contributed by atoms with Crippen LogP contribution >= 0.6 is 0 Å². The number of aldehydes is 1. The van der Waals surface area contributed by atoms with Gasteiger partial charge in [0, 0.05) is 18.0 Å². The van der Waals surface area contributed by atoms with Crippen LogP contribution in [0, 0.1) is 26.6 Å². The van der Waals surface area contributed by atoms with Crippen molar-refractivity contribution >= 4 is 6.29 Å². The highest BCUT2D eigenvalue weighted by Crippen LogP contribution is 2.26. The molecule has 2 heterocycles. The molecule has 0 unspecified atom stereocenters. The molecule has 0 atom stereocenters. The molecule has 0 aliphatic heterocycles. The van der Waals surface area contributed by atoms with E-state index in [0.29, 0.717) is 29.2 Å². The summed E-state index contributed by atoms with van der Waals surface area (Å²) < 4.78 is 17.4. The summed E-state index contributed by atoms with van der Waals surface area (Å²) in [5.74, 6) is 0.268. The van der Waals surface area contributed by atoms with Crippen LogP contribution in [-0.4, -0.2) is 30.7 Å². The first-order chi connectivity index (χ1) is 10.9. The number of aromatic hydroxyl groups is 1. The number of imidazole rings is 1. The Balaban J connectivity index is 2.37. The monoisotopic (exact) mass is 314 g/mol. The van der Waals surface area contributed by atoms with Crippen LogP contribution in [-0.2, 0) is 0 Å². The van der Waals surface area contributed by atoms with Gasteiger partial charge in [-0.25, -0.2) is 14.1 Å². The van der Waals surface area contributed by atoms with Crippen molar-refractivity contribution in [1.29, 1.82) is 0 Å². The molecule has 0 bridgehead atoms. The van der Waals surface area contributed by atoms with Crippen LogP contribution in [0.15, 0.2) is 24.4 Å². The Morgan fingerprint density at radius 2 is 2.00 bits per heavy atom. The van der Waals surface area contributed by atoms with Crippen LogP contribution < -0.4 is 0 Å². The summed E-state index contributed by atoms with van der Waals surface area (Å²) in [4.78, 5) is 15.7. The third-order valence-corrected chi connectivity index (χ3v) is 3.68. The van der Waals surface area contributed by atoms with Crippen molar-refractivity contribution < 1.29 is 14.3 Å². The molecule has 7 heteroatoms. The smallest absolute Gasteiger partial charge is 0.155 e. The van der Waals surface area contributed by atoms with E-state index in [1.807, 2.05) is 6.92 Å². The summed E-state index contributed by atoms with van der Waals surface area (Å²) >= 11 is 0. The molecule has 0 amide bonds. The molecule has 0 saturated carbocycles. The van der Waals surface area contributed by atoms with Gasteiger partial charge in [0.15, 0.2) is 17.9 Å². The molecule has 1 aromatic carbocycles. The van der Waals surface area contributed by atoms with Crippen LogP contribution in [0.3, 0.4) is 0 Å². The summed E-state index contributed by atoms with van der Waals surface area (Å²) in [6.45, 7) is 5.32. The minimum absolute atomic E-state index is 0.140. The molecule has 3 aromatic rings. The highest BCUT2D eigenvalue weighted by Gasteiger charge is 2.22. The number of carbonyl (C=O) groups excluding carboxylic acids is 1. The summed E-state index contributed by atoms with van der Waals surface area (Å²) in [6, 6.07) is 3.79. The fourth-order valence-electron chi connectivity index (χ4n) is 2.59. The van der Waals surface area contributed by atoms with Crippen molar-refractivity contribution in [3.05, 3.63) is 53.0 Å². The van der Waals surface area contributed by atoms with Gasteiger partial charge in [-0.3, -0.25) is 9.36 Å². The van der Waals surface area contributed by atoms with E-state index in [9.17, 15) is 14.3 Å². The first kappa shape index (κ1) is 15.0. The zero-order chi connectivity index (χ0) is 16.7. The van der Waals surface area contributed by atoms with Gasteiger partial charge in [0.05, 0.1) is 11.3 Å². The van der Waals surface area contributed by atoms with E-state index in [1.54, 1.807) is 24.6 Å². The van der Waals surface area contributed by atoms with Crippen molar-refractivity contribution in [2.45, 2.75) is 20.8 Å². The van der Waals surface area contributed by atoms with Gasteiger partial charge in [-0.2, -0.15) is 5.10 Å². The lowest BCUT2D eigenvalue weighted by atomic mass is 10.2. The maximum absolute atomic E-state index is 14.3. The molecule has 6 nitrogen and oxygen atoms in total. The number of hydrogen-bond acceptors (Lipinski definition) is 4. The molecule has 0 radical (unpaired) electrons. The molecule has 0 fully saturated rings. The highest BCUT2D eigenvalue weighted by molar-refractivity contribution is 5.82. The minimum Gasteiger partial charge on any atom is -0.508 e. The number of rotatable bonds is 3. The van der Waals surface area contributed by atoms with Gasteiger partial charge in [-0.05, 0) is 32.9 Å². The Labute approximate surface area is 131 Å². The number of halogens is 1. The van der Waals surface area contributed by atoms with E-state index in [-0.39, 0.29) is 11.4 Å². The lowest BCUT2D eigenvalue weighted by molar-refractivity contribution is 0.112. The Morgan fingerprint density at radius 3 is 2.57 bits per heavy atom. The van der Waals surface area contributed by atoms with Gasteiger partial charge < -0.3 is 5.11 Å². The maximum Gasteiger partial charge on any atom is 0.155 e. The number of hydrogen-bond donors (Lipinski definition) is 1. The molecular formula is C16H15FN4O2. The lowest BCUT2D eigenvalue weighted by Gasteiger charge is -2.13. The van der Waals surface area contributed by atoms with E-state index in [4.69, 9.17) is 0 Å². The van der Waals surface area contributed by atoms with Crippen molar-refractivity contribution in [1.82, 2.24) is 19.3 Å². The number of benzene rings is 1. The van der Waals surface area contributed by atoms with E-state index >= 15 is 0 Å².